The van der Waals surface area contributed by atoms with Crippen molar-refractivity contribution in [3.8, 4) is 5.75 Å². The van der Waals surface area contributed by atoms with E-state index in [1.54, 1.807) is 12.0 Å². The highest BCUT2D eigenvalue weighted by Crippen LogP contribution is 2.25. The Morgan fingerprint density at radius 1 is 1.22 bits per heavy atom. The van der Waals surface area contributed by atoms with Gasteiger partial charge in [0, 0.05) is 6.04 Å². The van der Waals surface area contributed by atoms with Crippen LogP contribution in [0.25, 0.3) is 0 Å². The Labute approximate surface area is 138 Å². The van der Waals surface area contributed by atoms with Gasteiger partial charge in [-0.1, -0.05) is 13.0 Å². The number of rotatable bonds is 8. The van der Waals surface area contributed by atoms with Crippen molar-refractivity contribution in [2.75, 3.05) is 32.1 Å². The molecule has 0 aliphatic carbocycles. The number of carbonyl (C=O) groups is 2. The van der Waals surface area contributed by atoms with E-state index in [0.29, 0.717) is 18.0 Å². The quantitative estimate of drug-likeness (QED) is 0.766. The van der Waals surface area contributed by atoms with Crippen LogP contribution in [-0.2, 0) is 9.59 Å². The van der Waals surface area contributed by atoms with Crippen molar-refractivity contribution in [1.82, 2.24) is 10.2 Å². The smallest absolute Gasteiger partial charge is 0.238 e. The first-order valence-corrected chi connectivity index (χ1v) is 7.81. The van der Waals surface area contributed by atoms with Gasteiger partial charge in [0.25, 0.3) is 0 Å². The standard InChI is InChI=1S/C17H27N3O3/c1-6-20(10-16(21)18-12(2)3)11-17(22)19-14-9-13(4)7-8-15(14)23-5/h7-9,12H,6,10-11H2,1-5H3,(H,18,21)(H,19,22). The van der Waals surface area contributed by atoms with E-state index in [0.717, 1.165) is 5.56 Å². The van der Waals surface area contributed by atoms with Crippen molar-refractivity contribution in [1.29, 1.82) is 0 Å². The van der Waals surface area contributed by atoms with E-state index in [1.165, 1.54) is 0 Å². The molecule has 0 saturated carbocycles. The number of amides is 2. The Kier molecular flexibility index (Phi) is 7.54. The molecule has 1 rings (SSSR count). The van der Waals surface area contributed by atoms with Gasteiger partial charge < -0.3 is 15.4 Å². The lowest BCUT2D eigenvalue weighted by molar-refractivity contribution is -0.123. The summed E-state index contributed by atoms with van der Waals surface area (Å²) in [4.78, 5) is 25.8. The highest BCUT2D eigenvalue weighted by molar-refractivity contribution is 5.94. The Bertz CT molecular complexity index is 544. The number of hydrogen-bond donors (Lipinski definition) is 2. The molecular weight excluding hydrogens is 294 g/mol. The molecular formula is C17H27N3O3. The summed E-state index contributed by atoms with van der Waals surface area (Å²) in [6.45, 7) is 8.65. The zero-order valence-electron chi connectivity index (χ0n) is 14.6. The van der Waals surface area contributed by atoms with Crippen LogP contribution in [0.2, 0.25) is 0 Å². The Hall–Kier alpha value is -2.08. The van der Waals surface area contributed by atoms with Crippen LogP contribution in [0, 0.1) is 6.92 Å². The third kappa shape index (κ3) is 6.69. The second-order valence-electron chi connectivity index (χ2n) is 5.78. The van der Waals surface area contributed by atoms with Crippen LogP contribution < -0.4 is 15.4 Å². The van der Waals surface area contributed by atoms with Gasteiger partial charge in [0.1, 0.15) is 5.75 Å². The van der Waals surface area contributed by atoms with E-state index in [1.807, 2.05) is 45.9 Å². The molecule has 0 atom stereocenters. The first-order valence-electron chi connectivity index (χ1n) is 7.81. The predicted molar refractivity (Wildman–Crippen MR) is 91.8 cm³/mol. The highest BCUT2D eigenvalue weighted by atomic mass is 16.5. The molecule has 0 unspecified atom stereocenters. The lowest BCUT2D eigenvalue weighted by Crippen LogP contribution is -2.42. The summed E-state index contributed by atoms with van der Waals surface area (Å²) in [6.07, 6.45) is 0. The fourth-order valence-corrected chi connectivity index (χ4v) is 2.16. The molecule has 0 saturated heterocycles. The summed E-state index contributed by atoms with van der Waals surface area (Å²) in [5.74, 6) is 0.362. The number of nitrogens with zero attached hydrogens (tertiary/aromatic N) is 1. The lowest BCUT2D eigenvalue weighted by Gasteiger charge is -2.20. The molecule has 23 heavy (non-hydrogen) atoms. The average molecular weight is 321 g/mol. The Morgan fingerprint density at radius 3 is 2.43 bits per heavy atom. The van der Waals surface area contributed by atoms with Crippen molar-refractivity contribution >= 4 is 17.5 Å². The number of carbonyl (C=O) groups excluding carboxylic acids is 2. The van der Waals surface area contributed by atoms with Gasteiger partial charge in [0.05, 0.1) is 25.9 Å². The molecule has 0 aliphatic rings. The minimum absolute atomic E-state index is 0.0808. The number of likely N-dealkylation sites (N-methyl/N-ethyl adjacent to an activating group) is 1. The molecule has 128 valence electrons. The number of benzene rings is 1. The topological polar surface area (TPSA) is 70.7 Å². The van der Waals surface area contributed by atoms with Crippen LogP contribution in [0.5, 0.6) is 5.75 Å². The SMILES string of the molecule is CCN(CC(=O)Nc1cc(C)ccc1OC)CC(=O)NC(C)C. The van der Waals surface area contributed by atoms with Crippen LogP contribution in [0.3, 0.4) is 0 Å². The molecule has 0 fully saturated rings. The normalized spacial score (nSPS) is 10.7. The second-order valence-corrected chi connectivity index (χ2v) is 5.78. The molecule has 0 spiro atoms. The van der Waals surface area contributed by atoms with E-state index in [2.05, 4.69) is 10.6 Å². The van der Waals surface area contributed by atoms with E-state index >= 15 is 0 Å². The zero-order chi connectivity index (χ0) is 17.4. The van der Waals surface area contributed by atoms with Crippen LogP contribution in [0.4, 0.5) is 5.69 Å². The van der Waals surface area contributed by atoms with Gasteiger partial charge >= 0.3 is 0 Å². The van der Waals surface area contributed by atoms with Gasteiger partial charge in [-0.25, -0.2) is 0 Å². The fraction of sp³-hybridized carbons (Fsp3) is 0.529. The molecule has 0 heterocycles. The zero-order valence-corrected chi connectivity index (χ0v) is 14.6. The number of ether oxygens (including phenoxy) is 1. The van der Waals surface area contributed by atoms with Crippen LogP contribution in [0.1, 0.15) is 26.3 Å². The first-order chi connectivity index (χ1) is 10.8. The molecule has 0 aliphatic heterocycles. The van der Waals surface area contributed by atoms with Crippen LogP contribution in [-0.4, -0.2) is 49.5 Å². The van der Waals surface area contributed by atoms with Gasteiger partial charge in [-0.05, 0) is 45.0 Å². The van der Waals surface area contributed by atoms with Gasteiger partial charge in [-0.15, -0.1) is 0 Å². The summed E-state index contributed by atoms with van der Waals surface area (Å²) in [6, 6.07) is 5.69. The number of hydrogen-bond acceptors (Lipinski definition) is 4. The van der Waals surface area contributed by atoms with Crippen molar-refractivity contribution in [3.05, 3.63) is 23.8 Å². The maximum absolute atomic E-state index is 12.2. The molecule has 2 N–H and O–H groups in total. The number of nitrogens with one attached hydrogen (secondary N) is 2. The average Bonchev–Trinajstić information content (AvgIpc) is 2.45. The van der Waals surface area contributed by atoms with Gasteiger partial charge in [-0.3, -0.25) is 14.5 Å². The summed E-state index contributed by atoms with van der Waals surface area (Å²) in [7, 11) is 1.56. The van der Waals surface area contributed by atoms with Gasteiger partial charge in [0.15, 0.2) is 0 Å². The first kappa shape index (κ1) is 19.0. The summed E-state index contributed by atoms with van der Waals surface area (Å²) < 4.78 is 5.25. The van der Waals surface area contributed by atoms with Gasteiger partial charge in [-0.2, -0.15) is 0 Å². The monoisotopic (exact) mass is 321 g/mol. The molecule has 0 radical (unpaired) electrons. The highest BCUT2D eigenvalue weighted by Gasteiger charge is 2.15. The Morgan fingerprint density at radius 2 is 1.87 bits per heavy atom. The third-order valence-corrected chi connectivity index (χ3v) is 3.26. The summed E-state index contributed by atoms with van der Waals surface area (Å²) in [5.41, 5.74) is 1.67. The van der Waals surface area contributed by atoms with E-state index in [9.17, 15) is 9.59 Å². The van der Waals surface area contributed by atoms with Crippen LogP contribution >= 0.6 is 0 Å². The molecule has 0 bridgehead atoms. The van der Waals surface area contributed by atoms with Crippen molar-refractivity contribution in [2.45, 2.75) is 33.7 Å². The molecule has 2 amide bonds. The third-order valence-electron chi connectivity index (χ3n) is 3.26. The number of aryl methyl sites for hydroxylation is 1. The molecule has 1 aromatic carbocycles. The molecule has 1 aromatic rings. The summed E-state index contributed by atoms with van der Waals surface area (Å²) >= 11 is 0. The number of methoxy groups -OCH3 is 1. The minimum Gasteiger partial charge on any atom is -0.495 e. The fourth-order valence-electron chi connectivity index (χ4n) is 2.16. The molecule has 0 aromatic heterocycles. The van der Waals surface area contributed by atoms with Crippen molar-refractivity contribution in [2.24, 2.45) is 0 Å². The molecule has 6 nitrogen and oxygen atoms in total. The van der Waals surface area contributed by atoms with E-state index in [4.69, 9.17) is 4.74 Å². The Balaban J connectivity index is 2.63. The maximum atomic E-state index is 12.2. The predicted octanol–water partition coefficient (Wildman–Crippen LogP) is 1.79. The van der Waals surface area contributed by atoms with Crippen molar-refractivity contribution < 1.29 is 14.3 Å². The molecule has 6 heteroatoms. The van der Waals surface area contributed by atoms with Crippen molar-refractivity contribution in [3.63, 3.8) is 0 Å². The maximum Gasteiger partial charge on any atom is 0.238 e. The summed E-state index contributed by atoms with van der Waals surface area (Å²) in [5, 5.41) is 5.67. The lowest BCUT2D eigenvalue weighted by atomic mass is 10.2. The number of anilines is 1. The van der Waals surface area contributed by atoms with E-state index < -0.39 is 0 Å². The van der Waals surface area contributed by atoms with Gasteiger partial charge in [0.2, 0.25) is 11.8 Å². The second kappa shape index (κ2) is 9.15. The largest absolute Gasteiger partial charge is 0.495 e. The minimum atomic E-state index is -0.173. The van der Waals surface area contributed by atoms with E-state index in [-0.39, 0.29) is 30.9 Å². The van der Waals surface area contributed by atoms with Crippen LogP contribution in [0.15, 0.2) is 18.2 Å².